The largest absolute Gasteiger partial charge is 0.393 e. The summed E-state index contributed by atoms with van der Waals surface area (Å²) < 4.78 is 13.5. The molecule has 0 saturated heterocycles. The van der Waals surface area contributed by atoms with E-state index in [2.05, 4.69) is 5.32 Å². The zero-order valence-corrected chi connectivity index (χ0v) is 13.3. The number of carbonyl (C=O) groups is 1. The van der Waals surface area contributed by atoms with Crippen molar-refractivity contribution in [3.05, 3.63) is 35.6 Å². The Morgan fingerprint density at radius 1 is 1.45 bits per heavy atom. The van der Waals surface area contributed by atoms with Gasteiger partial charge in [-0.15, -0.1) is 0 Å². The molecule has 4 nitrogen and oxygen atoms in total. The van der Waals surface area contributed by atoms with Crippen LogP contribution in [0.2, 0.25) is 0 Å². The van der Waals surface area contributed by atoms with Gasteiger partial charge in [0.25, 0.3) is 0 Å². The topological polar surface area (TPSA) is 52.6 Å². The highest BCUT2D eigenvalue weighted by Gasteiger charge is 2.28. The molecular formula is C17H25FN2O2. The molecule has 1 aromatic carbocycles. The molecule has 1 aliphatic rings. The van der Waals surface area contributed by atoms with Gasteiger partial charge in [-0.3, -0.25) is 9.69 Å². The number of hydrogen-bond acceptors (Lipinski definition) is 3. The fraction of sp³-hybridized carbons (Fsp3) is 0.588. The van der Waals surface area contributed by atoms with Crippen LogP contribution in [0.5, 0.6) is 0 Å². The van der Waals surface area contributed by atoms with Crippen LogP contribution in [0.3, 0.4) is 0 Å². The predicted octanol–water partition coefficient (Wildman–Crippen LogP) is 1.92. The van der Waals surface area contributed by atoms with E-state index in [1.165, 1.54) is 6.07 Å². The molecule has 3 unspecified atom stereocenters. The molecule has 1 aliphatic carbocycles. The van der Waals surface area contributed by atoms with E-state index in [0.29, 0.717) is 12.1 Å². The lowest BCUT2D eigenvalue weighted by atomic mass is 10.0. The highest BCUT2D eigenvalue weighted by molar-refractivity contribution is 5.81. The lowest BCUT2D eigenvalue weighted by Gasteiger charge is -2.28. The summed E-state index contributed by atoms with van der Waals surface area (Å²) in [6, 6.07) is 6.13. The van der Waals surface area contributed by atoms with E-state index in [1.54, 1.807) is 18.2 Å². The Balaban J connectivity index is 1.82. The lowest BCUT2D eigenvalue weighted by Crippen LogP contribution is -2.45. The van der Waals surface area contributed by atoms with Crippen LogP contribution in [0.25, 0.3) is 0 Å². The van der Waals surface area contributed by atoms with Crippen molar-refractivity contribution >= 4 is 5.91 Å². The number of hydrogen-bond donors (Lipinski definition) is 2. The van der Waals surface area contributed by atoms with Crippen molar-refractivity contribution < 1.29 is 14.3 Å². The molecule has 3 atom stereocenters. The highest BCUT2D eigenvalue weighted by atomic mass is 19.1. The molecule has 122 valence electrons. The number of aliphatic hydroxyl groups is 1. The molecule has 22 heavy (non-hydrogen) atoms. The number of likely N-dealkylation sites (N-methyl/N-ethyl adjacent to an activating group) is 1. The van der Waals surface area contributed by atoms with E-state index in [9.17, 15) is 14.3 Å². The second kappa shape index (κ2) is 7.70. The minimum atomic E-state index is -0.308. The van der Waals surface area contributed by atoms with Crippen molar-refractivity contribution in [1.29, 1.82) is 0 Å². The summed E-state index contributed by atoms with van der Waals surface area (Å²) in [6.07, 6.45) is 2.66. The summed E-state index contributed by atoms with van der Waals surface area (Å²) in [5, 5.41) is 12.6. The first-order valence-electron chi connectivity index (χ1n) is 7.88. The molecule has 2 N–H and O–H groups in total. The van der Waals surface area contributed by atoms with Gasteiger partial charge in [-0.2, -0.15) is 0 Å². The van der Waals surface area contributed by atoms with Gasteiger partial charge in [-0.1, -0.05) is 24.6 Å². The molecule has 0 heterocycles. The maximum atomic E-state index is 13.5. The Bertz CT molecular complexity index is 509. The third kappa shape index (κ3) is 4.27. The molecule has 1 saturated carbocycles. The van der Waals surface area contributed by atoms with Crippen molar-refractivity contribution in [3.8, 4) is 0 Å². The summed E-state index contributed by atoms with van der Waals surface area (Å²) in [5.74, 6) is -0.192. The van der Waals surface area contributed by atoms with Crippen molar-refractivity contribution in [2.45, 2.75) is 44.9 Å². The maximum absolute atomic E-state index is 13.5. The summed E-state index contributed by atoms with van der Waals surface area (Å²) in [4.78, 5) is 14.1. The quantitative estimate of drug-likeness (QED) is 0.844. The monoisotopic (exact) mass is 308 g/mol. The first-order valence-corrected chi connectivity index (χ1v) is 7.88. The Morgan fingerprint density at radius 2 is 2.18 bits per heavy atom. The van der Waals surface area contributed by atoms with Crippen LogP contribution in [-0.4, -0.2) is 41.7 Å². The summed E-state index contributed by atoms with van der Waals surface area (Å²) in [5.41, 5.74) is 0.483. The zero-order valence-electron chi connectivity index (χ0n) is 13.3. The fourth-order valence-corrected chi connectivity index (χ4v) is 2.93. The predicted molar refractivity (Wildman–Crippen MR) is 83.7 cm³/mol. The Hall–Kier alpha value is -1.46. The summed E-state index contributed by atoms with van der Waals surface area (Å²) >= 11 is 0. The van der Waals surface area contributed by atoms with Crippen LogP contribution >= 0.6 is 0 Å². The fourth-order valence-electron chi connectivity index (χ4n) is 2.93. The molecule has 0 aliphatic heterocycles. The molecule has 2 rings (SSSR count). The van der Waals surface area contributed by atoms with Crippen LogP contribution in [0.1, 0.15) is 31.7 Å². The Morgan fingerprint density at radius 3 is 2.82 bits per heavy atom. The molecule has 1 amide bonds. The number of rotatable bonds is 6. The number of nitrogens with zero attached hydrogens (tertiary/aromatic N) is 1. The molecule has 1 fully saturated rings. The number of carbonyl (C=O) groups excluding carboxylic acids is 1. The van der Waals surface area contributed by atoms with Gasteiger partial charge in [0.1, 0.15) is 5.82 Å². The second-order valence-electron chi connectivity index (χ2n) is 6.18. The van der Waals surface area contributed by atoms with Gasteiger partial charge in [0.2, 0.25) is 5.91 Å². The van der Waals surface area contributed by atoms with E-state index in [1.807, 2.05) is 18.9 Å². The van der Waals surface area contributed by atoms with Crippen LogP contribution in [-0.2, 0) is 11.3 Å². The average molecular weight is 308 g/mol. The van der Waals surface area contributed by atoms with Crippen LogP contribution < -0.4 is 5.32 Å². The van der Waals surface area contributed by atoms with Gasteiger partial charge in [-0.25, -0.2) is 4.39 Å². The molecule has 1 aromatic rings. The van der Waals surface area contributed by atoms with E-state index in [0.717, 1.165) is 19.3 Å². The van der Waals surface area contributed by atoms with Gasteiger partial charge < -0.3 is 10.4 Å². The number of aliphatic hydroxyl groups excluding tert-OH is 1. The van der Waals surface area contributed by atoms with Crippen molar-refractivity contribution in [2.24, 2.45) is 5.92 Å². The smallest absolute Gasteiger partial charge is 0.237 e. The standard InChI is InChI=1S/C17H25FN2O2/c1-12(20(2)11-14-7-5-9-16(14)21)17(22)19-10-13-6-3-4-8-15(13)18/h3-4,6,8,12,14,16,21H,5,7,9-11H2,1-2H3,(H,19,22). The summed E-state index contributed by atoms with van der Waals surface area (Å²) in [6.45, 7) is 2.73. The first-order chi connectivity index (χ1) is 10.5. The maximum Gasteiger partial charge on any atom is 0.237 e. The van der Waals surface area contributed by atoms with E-state index in [-0.39, 0.29) is 36.3 Å². The van der Waals surface area contributed by atoms with Crippen LogP contribution in [0.15, 0.2) is 24.3 Å². The van der Waals surface area contributed by atoms with Crippen molar-refractivity contribution in [2.75, 3.05) is 13.6 Å². The van der Waals surface area contributed by atoms with Crippen LogP contribution in [0.4, 0.5) is 4.39 Å². The van der Waals surface area contributed by atoms with Crippen molar-refractivity contribution in [3.63, 3.8) is 0 Å². The SMILES string of the molecule is CC(C(=O)NCc1ccccc1F)N(C)CC1CCCC1O. The van der Waals surface area contributed by atoms with Gasteiger partial charge in [0.15, 0.2) is 0 Å². The average Bonchev–Trinajstić information content (AvgIpc) is 2.90. The molecular weight excluding hydrogens is 283 g/mol. The number of halogens is 1. The third-order valence-corrected chi connectivity index (χ3v) is 4.59. The zero-order chi connectivity index (χ0) is 16.1. The van der Waals surface area contributed by atoms with E-state index >= 15 is 0 Å². The lowest BCUT2D eigenvalue weighted by molar-refractivity contribution is -0.125. The highest BCUT2D eigenvalue weighted by Crippen LogP contribution is 2.26. The van der Waals surface area contributed by atoms with Crippen LogP contribution in [0, 0.1) is 11.7 Å². The third-order valence-electron chi connectivity index (χ3n) is 4.59. The second-order valence-corrected chi connectivity index (χ2v) is 6.18. The first kappa shape index (κ1) is 16.9. The van der Waals surface area contributed by atoms with Gasteiger partial charge in [0, 0.05) is 18.7 Å². The van der Waals surface area contributed by atoms with Crippen molar-refractivity contribution in [1.82, 2.24) is 10.2 Å². The molecule has 0 aromatic heterocycles. The van der Waals surface area contributed by atoms with Gasteiger partial charge >= 0.3 is 0 Å². The Kier molecular flexibility index (Phi) is 5.91. The van der Waals surface area contributed by atoms with E-state index in [4.69, 9.17) is 0 Å². The minimum absolute atomic E-state index is 0.127. The normalized spacial score (nSPS) is 22.8. The number of benzene rings is 1. The molecule has 0 radical (unpaired) electrons. The number of nitrogens with one attached hydrogen (secondary N) is 1. The van der Waals surface area contributed by atoms with Gasteiger partial charge in [-0.05, 0) is 38.8 Å². The van der Waals surface area contributed by atoms with E-state index < -0.39 is 0 Å². The number of amides is 1. The Labute approximate surface area is 131 Å². The molecule has 0 bridgehead atoms. The minimum Gasteiger partial charge on any atom is -0.393 e. The molecule has 5 heteroatoms. The molecule has 0 spiro atoms. The van der Waals surface area contributed by atoms with Gasteiger partial charge in [0.05, 0.1) is 12.1 Å². The summed E-state index contributed by atoms with van der Waals surface area (Å²) in [7, 11) is 1.89.